The molecule has 2 aromatic heterocycles. The van der Waals surface area contributed by atoms with Gasteiger partial charge in [0.25, 0.3) is 0 Å². The molecule has 3 heterocycles. The molecule has 5 rings (SSSR count). The summed E-state index contributed by atoms with van der Waals surface area (Å²) in [4.78, 5) is 36.3. The molecular formula is C25H23ClN6O3. The summed E-state index contributed by atoms with van der Waals surface area (Å²) in [5, 5.41) is 0.410. The number of halogens is 1. The summed E-state index contributed by atoms with van der Waals surface area (Å²) in [5.74, 6) is 1.36. The molecule has 1 amide bonds. The zero-order valence-electron chi connectivity index (χ0n) is 19.0. The molecule has 1 fully saturated rings. The first kappa shape index (κ1) is 22.7. The van der Waals surface area contributed by atoms with Crippen LogP contribution in [0.4, 0.5) is 5.82 Å². The van der Waals surface area contributed by atoms with Crippen LogP contribution in [0.15, 0.2) is 76.8 Å². The van der Waals surface area contributed by atoms with E-state index in [1.165, 1.54) is 17.0 Å². The van der Waals surface area contributed by atoms with Crippen molar-refractivity contribution in [3.05, 3.63) is 82.5 Å². The van der Waals surface area contributed by atoms with E-state index < -0.39 is 0 Å². The number of fused-ring (bicyclic) bond motifs is 1. The molecule has 1 aliphatic heterocycles. The van der Waals surface area contributed by atoms with Crippen LogP contribution in [0, 0.1) is 0 Å². The Balaban J connectivity index is 1.52. The van der Waals surface area contributed by atoms with E-state index in [1.807, 2.05) is 30.3 Å². The predicted octanol–water partition coefficient (Wildman–Crippen LogP) is 3.87. The molecule has 35 heavy (non-hydrogen) atoms. The van der Waals surface area contributed by atoms with Crippen molar-refractivity contribution in [1.29, 1.82) is 0 Å². The fourth-order valence-electron chi connectivity index (χ4n) is 4.34. The van der Waals surface area contributed by atoms with E-state index in [2.05, 4.69) is 9.97 Å². The lowest BCUT2D eigenvalue weighted by Crippen LogP contribution is -2.31. The SMILES string of the molecule is C/C(Cl)=C\C(=O)N1CC[C@@H](n2c(=O)n(-c3ccc(Oc4ccccc4)cc3)c3c(N)ncnc32)C1. The van der Waals surface area contributed by atoms with Gasteiger partial charge >= 0.3 is 5.69 Å². The molecule has 0 spiro atoms. The summed E-state index contributed by atoms with van der Waals surface area (Å²) in [5.41, 5.74) is 7.36. The third-order valence-electron chi connectivity index (χ3n) is 5.92. The normalized spacial score (nSPS) is 16.1. The van der Waals surface area contributed by atoms with Gasteiger partial charge in [-0.25, -0.2) is 14.8 Å². The lowest BCUT2D eigenvalue weighted by atomic mass is 10.2. The number of amides is 1. The maximum atomic E-state index is 13.7. The van der Waals surface area contributed by atoms with Gasteiger partial charge in [0, 0.05) is 24.2 Å². The molecule has 1 saturated heterocycles. The van der Waals surface area contributed by atoms with Gasteiger partial charge in [-0.1, -0.05) is 29.8 Å². The van der Waals surface area contributed by atoms with Crippen molar-refractivity contribution >= 4 is 34.5 Å². The van der Waals surface area contributed by atoms with E-state index in [1.54, 1.807) is 40.7 Å². The van der Waals surface area contributed by atoms with Crippen LogP contribution in [0.3, 0.4) is 0 Å². The average molecular weight is 491 g/mol. The highest BCUT2D eigenvalue weighted by atomic mass is 35.5. The maximum Gasteiger partial charge on any atom is 0.335 e. The van der Waals surface area contributed by atoms with Gasteiger partial charge in [-0.05, 0) is 49.7 Å². The molecule has 2 aromatic carbocycles. The number of nitrogens with zero attached hydrogens (tertiary/aromatic N) is 5. The minimum atomic E-state index is -0.299. The van der Waals surface area contributed by atoms with Crippen LogP contribution in [-0.4, -0.2) is 43.0 Å². The Morgan fingerprint density at radius 1 is 1.11 bits per heavy atom. The van der Waals surface area contributed by atoms with Crippen LogP contribution in [0.25, 0.3) is 16.9 Å². The Labute approximate surface area is 206 Å². The number of aromatic nitrogens is 4. The zero-order chi connectivity index (χ0) is 24.5. The number of carbonyl (C=O) groups is 1. The minimum absolute atomic E-state index is 0.181. The standard InChI is InChI=1S/C25H23ClN6O3/c1-16(26)13-21(33)30-12-11-18(14-30)32-24-22(23(27)28-15-29-24)31(25(32)34)17-7-9-20(10-8-17)35-19-5-3-2-4-6-19/h2-10,13,15,18H,11-12,14H2,1H3,(H2,27,28,29)/b16-13+/t18-/m1/s1. The number of ether oxygens (including phenoxy) is 1. The van der Waals surface area contributed by atoms with Crippen LogP contribution in [-0.2, 0) is 4.79 Å². The molecular weight excluding hydrogens is 468 g/mol. The third-order valence-corrected chi connectivity index (χ3v) is 6.03. The second-order valence-electron chi connectivity index (χ2n) is 8.29. The Kier molecular flexibility index (Phi) is 6.00. The number of anilines is 1. The minimum Gasteiger partial charge on any atom is -0.457 e. The molecule has 178 valence electrons. The fraction of sp³-hybridized carbons (Fsp3) is 0.200. The van der Waals surface area contributed by atoms with E-state index >= 15 is 0 Å². The number of likely N-dealkylation sites (tertiary alicyclic amines) is 1. The fourth-order valence-corrected chi connectivity index (χ4v) is 4.43. The van der Waals surface area contributed by atoms with Crippen molar-refractivity contribution in [1.82, 2.24) is 24.0 Å². The molecule has 9 nitrogen and oxygen atoms in total. The molecule has 0 radical (unpaired) electrons. The highest BCUT2D eigenvalue weighted by Crippen LogP contribution is 2.29. The smallest absolute Gasteiger partial charge is 0.335 e. The summed E-state index contributed by atoms with van der Waals surface area (Å²) in [6.07, 6.45) is 3.33. The van der Waals surface area contributed by atoms with Gasteiger partial charge < -0.3 is 15.4 Å². The number of para-hydroxylation sites is 1. The second kappa shape index (κ2) is 9.27. The Morgan fingerprint density at radius 2 is 1.83 bits per heavy atom. The molecule has 0 saturated carbocycles. The number of rotatable bonds is 5. The van der Waals surface area contributed by atoms with Crippen molar-refractivity contribution in [3.63, 3.8) is 0 Å². The second-order valence-corrected chi connectivity index (χ2v) is 8.88. The van der Waals surface area contributed by atoms with Crippen LogP contribution in [0.2, 0.25) is 0 Å². The van der Waals surface area contributed by atoms with E-state index in [9.17, 15) is 9.59 Å². The predicted molar refractivity (Wildman–Crippen MR) is 134 cm³/mol. The third kappa shape index (κ3) is 4.38. The lowest BCUT2D eigenvalue weighted by molar-refractivity contribution is -0.125. The van der Waals surface area contributed by atoms with Crippen molar-refractivity contribution in [2.24, 2.45) is 0 Å². The number of nitrogen functional groups attached to an aromatic ring is 1. The summed E-state index contributed by atoms with van der Waals surface area (Å²) < 4.78 is 8.97. The molecule has 0 aliphatic carbocycles. The number of imidazole rings is 1. The molecule has 0 bridgehead atoms. The Hall–Kier alpha value is -4.11. The number of allylic oxidation sites excluding steroid dienone is 1. The molecule has 2 N–H and O–H groups in total. The maximum absolute atomic E-state index is 13.7. The number of hydrogen-bond acceptors (Lipinski definition) is 6. The first-order valence-electron chi connectivity index (χ1n) is 11.1. The van der Waals surface area contributed by atoms with Gasteiger partial charge in [0.05, 0.1) is 11.7 Å². The van der Waals surface area contributed by atoms with Gasteiger partial charge in [0.2, 0.25) is 5.91 Å². The van der Waals surface area contributed by atoms with Gasteiger partial charge in [0.1, 0.15) is 23.3 Å². The molecule has 1 atom stereocenters. The van der Waals surface area contributed by atoms with E-state index in [0.29, 0.717) is 52.9 Å². The van der Waals surface area contributed by atoms with Gasteiger partial charge in [0.15, 0.2) is 11.5 Å². The van der Waals surface area contributed by atoms with Crippen molar-refractivity contribution in [2.45, 2.75) is 19.4 Å². The zero-order valence-corrected chi connectivity index (χ0v) is 19.7. The Bertz CT molecular complexity index is 1470. The van der Waals surface area contributed by atoms with Crippen LogP contribution in [0.5, 0.6) is 11.5 Å². The molecule has 1 aliphatic rings. The van der Waals surface area contributed by atoms with Crippen molar-refractivity contribution in [2.75, 3.05) is 18.8 Å². The van der Waals surface area contributed by atoms with E-state index in [4.69, 9.17) is 22.1 Å². The molecule has 10 heteroatoms. The van der Waals surface area contributed by atoms with Crippen molar-refractivity contribution in [3.8, 4) is 17.2 Å². The van der Waals surface area contributed by atoms with Crippen LogP contribution >= 0.6 is 11.6 Å². The summed E-state index contributed by atoms with van der Waals surface area (Å²) in [6, 6.07) is 16.3. The summed E-state index contributed by atoms with van der Waals surface area (Å²) in [6.45, 7) is 2.53. The van der Waals surface area contributed by atoms with Crippen LogP contribution in [0.1, 0.15) is 19.4 Å². The number of benzene rings is 2. The number of carbonyl (C=O) groups excluding carboxylic acids is 1. The summed E-state index contributed by atoms with van der Waals surface area (Å²) >= 11 is 5.87. The first-order valence-corrected chi connectivity index (χ1v) is 11.5. The number of hydrogen-bond donors (Lipinski definition) is 1. The highest BCUT2D eigenvalue weighted by molar-refractivity contribution is 6.30. The lowest BCUT2D eigenvalue weighted by Gasteiger charge is -2.15. The molecule has 4 aromatic rings. The van der Waals surface area contributed by atoms with Crippen LogP contribution < -0.4 is 16.2 Å². The quantitative estimate of drug-likeness (QED) is 0.425. The largest absolute Gasteiger partial charge is 0.457 e. The van der Waals surface area contributed by atoms with Gasteiger partial charge in [-0.3, -0.25) is 13.9 Å². The Morgan fingerprint density at radius 3 is 2.54 bits per heavy atom. The van der Waals surface area contributed by atoms with Gasteiger partial charge in [-0.2, -0.15) is 0 Å². The monoisotopic (exact) mass is 490 g/mol. The highest BCUT2D eigenvalue weighted by Gasteiger charge is 2.31. The molecule has 0 unspecified atom stereocenters. The van der Waals surface area contributed by atoms with Crippen molar-refractivity contribution < 1.29 is 9.53 Å². The first-order chi connectivity index (χ1) is 16.9. The van der Waals surface area contributed by atoms with E-state index in [0.717, 1.165) is 0 Å². The topological polar surface area (TPSA) is 108 Å². The van der Waals surface area contributed by atoms with E-state index in [-0.39, 0.29) is 23.5 Å². The summed E-state index contributed by atoms with van der Waals surface area (Å²) in [7, 11) is 0. The van der Waals surface area contributed by atoms with Gasteiger partial charge in [-0.15, -0.1) is 0 Å². The number of nitrogens with two attached hydrogens (primary N) is 1. The average Bonchev–Trinajstić information content (AvgIpc) is 3.43.